The fraction of sp³-hybridized carbons (Fsp3) is 0.375. The van der Waals surface area contributed by atoms with Gasteiger partial charge in [0.05, 0.1) is 11.1 Å². The Morgan fingerprint density at radius 1 is 1.21 bits per heavy atom. The number of carbonyl (C=O) groups is 1. The molecule has 9 heteroatoms. The van der Waals surface area contributed by atoms with E-state index in [2.05, 4.69) is 5.43 Å². The van der Waals surface area contributed by atoms with Crippen molar-refractivity contribution < 1.29 is 23.4 Å². The molecule has 1 fully saturated rings. The Hall–Kier alpha value is -2.32. The molecular weight excluding hydrogens is 470 g/mol. The standard InChI is InChI=1S/C24H25Cl2FN2O4/c25-17-2-6-22-16(11-17)12-23(33-22)24(31)28-29-9-7-15(8-10-29)1-3-18(30)14-32-19-4-5-20(26)21(27)13-19/h2,4-6,11-13,15,18,30H,1,3,7-10,14H2,(H,28,31)/t18-/m0/s1. The van der Waals surface area contributed by atoms with E-state index in [0.29, 0.717) is 28.7 Å². The average Bonchev–Trinajstić information content (AvgIpc) is 3.23. The van der Waals surface area contributed by atoms with Crippen molar-refractivity contribution in [2.24, 2.45) is 5.92 Å². The van der Waals surface area contributed by atoms with Crippen LogP contribution in [0, 0.1) is 11.7 Å². The molecule has 0 saturated carbocycles. The summed E-state index contributed by atoms with van der Waals surface area (Å²) in [7, 11) is 0. The van der Waals surface area contributed by atoms with E-state index in [1.165, 1.54) is 12.1 Å². The summed E-state index contributed by atoms with van der Waals surface area (Å²) in [6.45, 7) is 1.54. The van der Waals surface area contributed by atoms with Crippen LogP contribution in [-0.2, 0) is 0 Å². The molecule has 2 aromatic carbocycles. The second kappa shape index (κ2) is 10.7. The van der Waals surface area contributed by atoms with E-state index in [-0.39, 0.29) is 23.3 Å². The largest absolute Gasteiger partial charge is 0.491 e. The number of hydrazine groups is 1. The van der Waals surface area contributed by atoms with Gasteiger partial charge >= 0.3 is 5.91 Å². The molecule has 1 aliphatic rings. The van der Waals surface area contributed by atoms with E-state index in [4.69, 9.17) is 32.4 Å². The Labute approximate surface area is 201 Å². The van der Waals surface area contributed by atoms with Crippen LogP contribution in [0.5, 0.6) is 5.75 Å². The fourth-order valence-corrected chi connectivity index (χ4v) is 4.23. The van der Waals surface area contributed by atoms with Gasteiger partial charge in [0, 0.05) is 29.6 Å². The first kappa shape index (κ1) is 23.8. The van der Waals surface area contributed by atoms with Crippen LogP contribution >= 0.6 is 23.2 Å². The summed E-state index contributed by atoms with van der Waals surface area (Å²) < 4.78 is 24.5. The number of ether oxygens (including phenoxy) is 1. The van der Waals surface area contributed by atoms with Gasteiger partial charge in [-0.3, -0.25) is 10.2 Å². The number of hydrogen-bond donors (Lipinski definition) is 2. The highest BCUT2D eigenvalue weighted by atomic mass is 35.5. The smallest absolute Gasteiger partial charge is 0.301 e. The molecule has 176 valence electrons. The second-order valence-electron chi connectivity index (χ2n) is 8.28. The molecule has 1 amide bonds. The third kappa shape index (κ3) is 6.38. The predicted molar refractivity (Wildman–Crippen MR) is 125 cm³/mol. The summed E-state index contributed by atoms with van der Waals surface area (Å²) in [5, 5.41) is 13.5. The zero-order valence-electron chi connectivity index (χ0n) is 17.9. The summed E-state index contributed by atoms with van der Waals surface area (Å²) >= 11 is 11.6. The first-order chi connectivity index (χ1) is 15.9. The molecule has 33 heavy (non-hydrogen) atoms. The molecular formula is C24H25Cl2FN2O4. The number of benzene rings is 2. The summed E-state index contributed by atoms with van der Waals surface area (Å²) in [6.07, 6.45) is 2.63. The number of fused-ring (bicyclic) bond motifs is 1. The highest BCUT2D eigenvalue weighted by molar-refractivity contribution is 6.31. The van der Waals surface area contributed by atoms with Crippen LogP contribution < -0.4 is 10.2 Å². The summed E-state index contributed by atoms with van der Waals surface area (Å²) in [5.41, 5.74) is 3.52. The third-order valence-corrected chi connectivity index (χ3v) is 6.36. The Kier molecular flexibility index (Phi) is 7.75. The lowest BCUT2D eigenvalue weighted by Crippen LogP contribution is -2.46. The van der Waals surface area contributed by atoms with Crippen molar-refractivity contribution in [3.63, 3.8) is 0 Å². The molecule has 0 unspecified atom stereocenters. The van der Waals surface area contributed by atoms with Crippen molar-refractivity contribution in [3.8, 4) is 5.75 Å². The highest BCUT2D eigenvalue weighted by Crippen LogP contribution is 2.25. The monoisotopic (exact) mass is 494 g/mol. The maximum atomic E-state index is 13.5. The van der Waals surface area contributed by atoms with Gasteiger partial charge in [-0.05, 0) is 68.0 Å². The van der Waals surface area contributed by atoms with Gasteiger partial charge in [-0.1, -0.05) is 23.2 Å². The number of piperidine rings is 1. The van der Waals surface area contributed by atoms with Gasteiger partial charge < -0.3 is 14.3 Å². The first-order valence-corrected chi connectivity index (χ1v) is 11.6. The number of amides is 1. The molecule has 0 radical (unpaired) electrons. The van der Waals surface area contributed by atoms with Crippen molar-refractivity contribution >= 4 is 40.1 Å². The molecule has 0 aliphatic carbocycles. The zero-order chi connectivity index (χ0) is 23.4. The SMILES string of the molecule is O=C(NN1CCC(CC[C@H](O)COc2ccc(Cl)c(F)c2)CC1)c1cc2cc(Cl)ccc2o1. The fourth-order valence-electron chi connectivity index (χ4n) is 3.93. The van der Waals surface area contributed by atoms with Gasteiger partial charge in [-0.2, -0.15) is 0 Å². The summed E-state index contributed by atoms with van der Waals surface area (Å²) in [5.74, 6) is 0.207. The molecule has 1 atom stereocenters. The summed E-state index contributed by atoms with van der Waals surface area (Å²) in [4.78, 5) is 12.5. The van der Waals surface area contributed by atoms with E-state index in [1.54, 1.807) is 30.3 Å². The average molecular weight is 495 g/mol. The molecule has 3 aromatic rings. The molecule has 1 saturated heterocycles. The topological polar surface area (TPSA) is 74.9 Å². The number of rotatable bonds is 8. The van der Waals surface area contributed by atoms with E-state index < -0.39 is 11.9 Å². The van der Waals surface area contributed by atoms with Gasteiger partial charge in [0.1, 0.15) is 23.8 Å². The zero-order valence-corrected chi connectivity index (χ0v) is 19.4. The van der Waals surface area contributed by atoms with Gasteiger partial charge in [0.15, 0.2) is 5.76 Å². The number of carbonyl (C=O) groups excluding carboxylic acids is 1. The van der Waals surface area contributed by atoms with Crippen molar-refractivity contribution in [3.05, 3.63) is 64.1 Å². The van der Waals surface area contributed by atoms with Crippen LogP contribution in [0.15, 0.2) is 46.9 Å². The van der Waals surface area contributed by atoms with E-state index in [0.717, 1.165) is 37.7 Å². The number of furan rings is 1. The number of aliphatic hydroxyl groups is 1. The molecule has 4 rings (SSSR count). The number of nitrogens with one attached hydrogen (secondary N) is 1. The van der Waals surface area contributed by atoms with Crippen LogP contribution in [0.1, 0.15) is 36.2 Å². The Bertz CT molecular complexity index is 1120. The number of halogens is 3. The van der Waals surface area contributed by atoms with E-state index in [1.807, 2.05) is 5.01 Å². The number of nitrogens with zero attached hydrogens (tertiary/aromatic N) is 1. The molecule has 1 aliphatic heterocycles. The van der Waals surface area contributed by atoms with Crippen molar-refractivity contribution in [1.82, 2.24) is 10.4 Å². The third-order valence-electron chi connectivity index (χ3n) is 5.82. The quantitative estimate of drug-likeness (QED) is 0.435. The van der Waals surface area contributed by atoms with Crippen molar-refractivity contribution in [1.29, 1.82) is 0 Å². The Morgan fingerprint density at radius 3 is 2.76 bits per heavy atom. The molecule has 1 aromatic heterocycles. The Morgan fingerprint density at radius 2 is 2.00 bits per heavy atom. The lowest BCUT2D eigenvalue weighted by Gasteiger charge is -2.32. The normalized spacial score (nSPS) is 16.1. The maximum absolute atomic E-state index is 13.5. The lowest BCUT2D eigenvalue weighted by atomic mass is 9.92. The van der Waals surface area contributed by atoms with Gasteiger partial charge in [-0.25, -0.2) is 9.40 Å². The minimum Gasteiger partial charge on any atom is -0.491 e. The minimum atomic E-state index is -0.636. The van der Waals surface area contributed by atoms with E-state index >= 15 is 0 Å². The highest BCUT2D eigenvalue weighted by Gasteiger charge is 2.23. The molecule has 6 nitrogen and oxygen atoms in total. The number of aliphatic hydroxyl groups excluding tert-OH is 1. The van der Waals surface area contributed by atoms with Crippen molar-refractivity contribution in [2.45, 2.75) is 31.8 Å². The van der Waals surface area contributed by atoms with Crippen molar-refractivity contribution in [2.75, 3.05) is 19.7 Å². The Balaban J connectivity index is 1.17. The van der Waals surface area contributed by atoms with Crippen LogP contribution in [0.4, 0.5) is 4.39 Å². The van der Waals surface area contributed by atoms with Gasteiger partial charge in [0.2, 0.25) is 0 Å². The van der Waals surface area contributed by atoms with E-state index in [9.17, 15) is 14.3 Å². The van der Waals surface area contributed by atoms with Crippen LogP contribution in [-0.4, -0.2) is 41.8 Å². The van der Waals surface area contributed by atoms with Gasteiger partial charge in [-0.15, -0.1) is 0 Å². The second-order valence-corrected chi connectivity index (χ2v) is 9.13. The van der Waals surface area contributed by atoms with Crippen LogP contribution in [0.2, 0.25) is 10.0 Å². The molecule has 0 bridgehead atoms. The lowest BCUT2D eigenvalue weighted by molar-refractivity contribution is 0.0627. The number of hydrogen-bond acceptors (Lipinski definition) is 5. The first-order valence-electron chi connectivity index (χ1n) is 10.9. The maximum Gasteiger partial charge on any atom is 0.301 e. The molecule has 0 spiro atoms. The summed E-state index contributed by atoms with van der Waals surface area (Å²) in [6, 6.07) is 11.1. The molecule has 2 N–H and O–H groups in total. The minimum absolute atomic E-state index is 0.0351. The molecule has 2 heterocycles. The van der Waals surface area contributed by atoms with Crippen LogP contribution in [0.25, 0.3) is 11.0 Å². The van der Waals surface area contributed by atoms with Gasteiger partial charge in [0.25, 0.3) is 0 Å². The predicted octanol–water partition coefficient (Wildman–Crippen LogP) is 5.46. The van der Waals surface area contributed by atoms with Crippen LogP contribution in [0.3, 0.4) is 0 Å².